The topological polar surface area (TPSA) is 12.0 Å². The summed E-state index contributed by atoms with van der Waals surface area (Å²) in [5.74, 6) is 0.877. The fourth-order valence-electron chi connectivity index (χ4n) is 2.09. The van der Waals surface area contributed by atoms with Gasteiger partial charge in [0.25, 0.3) is 0 Å². The van der Waals surface area contributed by atoms with Gasteiger partial charge in [-0.15, -0.1) is 0 Å². The first-order chi connectivity index (χ1) is 5.36. The minimum atomic E-state index is -0.577. The molecule has 1 saturated carbocycles. The van der Waals surface area contributed by atoms with Crippen molar-refractivity contribution in [1.29, 1.82) is 0 Å². The van der Waals surface area contributed by atoms with E-state index in [0.717, 1.165) is 18.8 Å². The maximum Gasteiger partial charge on any atom is 0.113 e. The summed E-state index contributed by atoms with van der Waals surface area (Å²) in [4.78, 5) is 0. The summed E-state index contributed by atoms with van der Waals surface area (Å²) in [5, 5.41) is 3.30. The van der Waals surface area contributed by atoms with Crippen LogP contribution in [0.5, 0.6) is 0 Å². The number of nitrogens with one attached hydrogen (secondary N) is 1. The molecular formula is C9H16FN. The smallest absolute Gasteiger partial charge is 0.113 e. The van der Waals surface area contributed by atoms with Crippen molar-refractivity contribution in [2.24, 2.45) is 5.92 Å². The normalized spacial score (nSPS) is 40.1. The Labute approximate surface area is 67.4 Å². The van der Waals surface area contributed by atoms with Gasteiger partial charge in [0.05, 0.1) is 0 Å². The second-order valence-electron chi connectivity index (χ2n) is 3.88. The molecule has 0 aromatic rings. The van der Waals surface area contributed by atoms with Crippen LogP contribution in [-0.2, 0) is 0 Å². The summed E-state index contributed by atoms with van der Waals surface area (Å²) >= 11 is 0. The van der Waals surface area contributed by atoms with Crippen LogP contribution in [0.15, 0.2) is 0 Å². The van der Waals surface area contributed by atoms with Gasteiger partial charge in [-0.1, -0.05) is 6.42 Å². The fraction of sp³-hybridized carbons (Fsp3) is 1.00. The first-order valence-electron chi connectivity index (χ1n) is 4.74. The van der Waals surface area contributed by atoms with Crippen molar-refractivity contribution in [3.63, 3.8) is 0 Å². The Morgan fingerprint density at radius 2 is 1.91 bits per heavy atom. The maximum absolute atomic E-state index is 12.7. The molecule has 0 aromatic heterocycles. The van der Waals surface area contributed by atoms with E-state index in [-0.39, 0.29) is 0 Å². The summed E-state index contributed by atoms with van der Waals surface area (Å²) in [5.41, 5.74) is 0. The van der Waals surface area contributed by atoms with Crippen molar-refractivity contribution in [1.82, 2.24) is 5.32 Å². The zero-order chi connectivity index (χ0) is 7.68. The SMILES string of the molecule is FC1CCC(C2CCC2)NC1. The van der Waals surface area contributed by atoms with E-state index < -0.39 is 6.17 Å². The highest BCUT2D eigenvalue weighted by atomic mass is 19.1. The standard InChI is InChI=1S/C9H16FN/c10-8-4-5-9(11-6-8)7-2-1-3-7/h7-9,11H,1-6H2. The Morgan fingerprint density at radius 3 is 2.36 bits per heavy atom. The van der Waals surface area contributed by atoms with Crippen LogP contribution in [0.3, 0.4) is 0 Å². The molecule has 0 bridgehead atoms. The predicted octanol–water partition coefficient (Wildman–Crippen LogP) is 1.88. The minimum Gasteiger partial charge on any atom is -0.311 e. The molecule has 0 amide bonds. The van der Waals surface area contributed by atoms with Crippen molar-refractivity contribution < 1.29 is 4.39 Å². The number of alkyl halides is 1. The predicted molar refractivity (Wildman–Crippen MR) is 43.3 cm³/mol. The Hall–Kier alpha value is -0.110. The molecule has 1 aliphatic carbocycles. The lowest BCUT2D eigenvalue weighted by molar-refractivity contribution is 0.154. The minimum absolute atomic E-state index is 0.577. The molecular weight excluding hydrogens is 141 g/mol. The Morgan fingerprint density at radius 1 is 1.09 bits per heavy atom. The third-order valence-electron chi connectivity index (χ3n) is 3.11. The molecule has 0 aromatic carbocycles. The van der Waals surface area contributed by atoms with Gasteiger partial charge < -0.3 is 5.32 Å². The van der Waals surface area contributed by atoms with Crippen molar-refractivity contribution in [3.8, 4) is 0 Å². The molecule has 1 heterocycles. The highest BCUT2D eigenvalue weighted by Crippen LogP contribution is 2.32. The largest absolute Gasteiger partial charge is 0.311 e. The second-order valence-corrected chi connectivity index (χ2v) is 3.88. The molecule has 2 unspecified atom stereocenters. The van der Waals surface area contributed by atoms with E-state index in [2.05, 4.69) is 5.32 Å². The van der Waals surface area contributed by atoms with Crippen molar-refractivity contribution in [2.45, 2.75) is 44.3 Å². The lowest BCUT2D eigenvalue weighted by Gasteiger charge is -2.37. The summed E-state index contributed by atoms with van der Waals surface area (Å²) in [6.45, 7) is 0.598. The molecule has 0 radical (unpaired) electrons. The number of halogens is 1. The lowest BCUT2D eigenvalue weighted by atomic mass is 9.77. The number of rotatable bonds is 1. The molecule has 0 spiro atoms. The monoisotopic (exact) mass is 157 g/mol. The highest BCUT2D eigenvalue weighted by Gasteiger charge is 2.30. The van der Waals surface area contributed by atoms with Gasteiger partial charge in [0.2, 0.25) is 0 Å². The van der Waals surface area contributed by atoms with Gasteiger partial charge >= 0.3 is 0 Å². The van der Waals surface area contributed by atoms with Gasteiger partial charge in [-0.3, -0.25) is 0 Å². The molecule has 2 atom stereocenters. The van der Waals surface area contributed by atoms with E-state index in [0.29, 0.717) is 12.6 Å². The first kappa shape index (κ1) is 7.53. The van der Waals surface area contributed by atoms with Crippen molar-refractivity contribution in [3.05, 3.63) is 0 Å². The molecule has 1 saturated heterocycles. The third-order valence-corrected chi connectivity index (χ3v) is 3.11. The Bertz CT molecular complexity index is 126. The molecule has 1 nitrogen and oxygen atoms in total. The van der Waals surface area contributed by atoms with E-state index in [1.54, 1.807) is 0 Å². The lowest BCUT2D eigenvalue weighted by Crippen LogP contribution is -2.46. The molecule has 2 rings (SSSR count). The Balaban J connectivity index is 1.77. The summed E-state index contributed by atoms with van der Waals surface area (Å²) in [6, 6.07) is 0.649. The Kier molecular flexibility index (Phi) is 2.12. The van der Waals surface area contributed by atoms with Gasteiger partial charge in [0, 0.05) is 12.6 Å². The van der Waals surface area contributed by atoms with Crippen LogP contribution >= 0.6 is 0 Å². The van der Waals surface area contributed by atoms with Crippen LogP contribution in [0, 0.1) is 5.92 Å². The van der Waals surface area contributed by atoms with Gasteiger partial charge in [0.1, 0.15) is 6.17 Å². The summed E-state index contributed by atoms with van der Waals surface area (Å²) < 4.78 is 12.7. The second kappa shape index (κ2) is 3.10. The number of hydrogen-bond acceptors (Lipinski definition) is 1. The molecule has 2 heteroatoms. The average molecular weight is 157 g/mol. The van der Waals surface area contributed by atoms with Gasteiger partial charge in [-0.05, 0) is 31.6 Å². The molecule has 2 aliphatic rings. The molecule has 1 N–H and O–H groups in total. The van der Waals surface area contributed by atoms with E-state index in [1.165, 1.54) is 19.3 Å². The average Bonchev–Trinajstić information content (AvgIpc) is 1.90. The van der Waals surface area contributed by atoms with Crippen LogP contribution in [-0.4, -0.2) is 18.8 Å². The zero-order valence-electron chi connectivity index (χ0n) is 6.85. The van der Waals surface area contributed by atoms with Crippen molar-refractivity contribution >= 4 is 0 Å². The molecule has 64 valence electrons. The van der Waals surface area contributed by atoms with Gasteiger partial charge in [0.15, 0.2) is 0 Å². The molecule has 1 aliphatic heterocycles. The van der Waals surface area contributed by atoms with Gasteiger partial charge in [-0.2, -0.15) is 0 Å². The zero-order valence-corrected chi connectivity index (χ0v) is 6.85. The number of piperidine rings is 1. The van der Waals surface area contributed by atoms with E-state index in [4.69, 9.17) is 0 Å². The van der Waals surface area contributed by atoms with E-state index in [1.807, 2.05) is 0 Å². The third kappa shape index (κ3) is 1.56. The van der Waals surface area contributed by atoms with Crippen LogP contribution in [0.1, 0.15) is 32.1 Å². The van der Waals surface area contributed by atoms with Crippen LogP contribution in [0.2, 0.25) is 0 Å². The first-order valence-corrected chi connectivity index (χ1v) is 4.74. The highest BCUT2D eigenvalue weighted by molar-refractivity contribution is 4.87. The molecule has 11 heavy (non-hydrogen) atoms. The van der Waals surface area contributed by atoms with E-state index >= 15 is 0 Å². The van der Waals surface area contributed by atoms with Crippen LogP contribution < -0.4 is 5.32 Å². The maximum atomic E-state index is 12.7. The number of hydrogen-bond donors (Lipinski definition) is 1. The van der Waals surface area contributed by atoms with Gasteiger partial charge in [-0.25, -0.2) is 4.39 Å². The van der Waals surface area contributed by atoms with Crippen molar-refractivity contribution in [2.75, 3.05) is 6.54 Å². The molecule has 2 fully saturated rings. The fourth-order valence-corrected chi connectivity index (χ4v) is 2.09. The summed E-state index contributed by atoms with van der Waals surface area (Å²) in [7, 11) is 0. The van der Waals surface area contributed by atoms with Crippen LogP contribution in [0.25, 0.3) is 0 Å². The van der Waals surface area contributed by atoms with E-state index in [9.17, 15) is 4.39 Å². The quantitative estimate of drug-likeness (QED) is 0.612. The van der Waals surface area contributed by atoms with Crippen LogP contribution in [0.4, 0.5) is 4.39 Å². The summed E-state index contributed by atoms with van der Waals surface area (Å²) in [6.07, 6.45) is 5.40.